The minimum absolute atomic E-state index is 0.220. The van der Waals surface area contributed by atoms with Gasteiger partial charge < -0.3 is 10.1 Å². The zero-order valence-corrected chi connectivity index (χ0v) is 16.1. The van der Waals surface area contributed by atoms with Crippen molar-refractivity contribution in [3.8, 4) is 5.75 Å². The number of amides is 1. The Bertz CT molecular complexity index is 855. The molecule has 0 fully saturated rings. The van der Waals surface area contributed by atoms with Crippen molar-refractivity contribution < 1.29 is 13.9 Å². The van der Waals surface area contributed by atoms with Gasteiger partial charge in [0.15, 0.2) is 6.10 Å². The summed E-state index contributed by atoms with van der Waals surface area (Å²) >= 11 is 0. The highest BCUT2D eigenvalue weighted by Crippen LogP contribution is 2.31. The minimum Gasteiger partial charge on any atom is -0.481 e. The molecule has 1 atom stereocenters. The molecule has 1 N–H and O–H groups in total. The third kappa shape index (κ3) is 4.58. The number of ether oxygens (including phenoxy) is 1. The lowest BCUT2D eigenvalue weighted by molar-refractivity contribution is -0.127. The summed E-state index contributed by atoms with van der Waals surface area (Å²) in [5, 5.41) is 3.01. The molecule has 28 heavy (non-hydrogen) atoms. The summed E-state index contributed by atoms with van der Waals surface area (Å²) < 4.78 is 18.7. The molecule has 1 unspecified atom stereocenters. The molecular formula is C24H24FNO2. The molecule has 0 saturated heterocycles. The van der Waals surface area contributed by atoms with E-state index in [0.29, 0.717) is 12.3 Å². The molecule has 3 aromatic carbocycles. The molecular weight excluding hydrogens is 353 g/mol. The molecule has 3 nitrogen and oxygen atoms in total. The van der Waals surface area contributed by atoms with Crippen LogP contribution in [0, 0.1) is 5.82 Å². The fourth-order valence-corrected chi connectivity index (χ4v) is 3.16. The molecule has 3 aromatic rings. The van der Waals surface area contributed by atoms with E-state index in [4.69, 9.17) is 4.74 Å². The molecule has 0 radical (unpaired) electrons. The van der Waals surface area contributed by atoms with Crippen LogP contribution in [0.1, 0.15) is 25.0 Å². The predicted molar refractivity (Wildman–Crippen MR) is 109 cm³/mol. The maximum absolute atomic E-state index is 13.0. The van der Waals surface area contributed by atoms with Crippen molar-refractivity contribution in [1.82, 2.24) is 5.32 Å². The lowest BCUT2D eigenvalue weighted by atomic mass is 9.76. The molecule has 3 rings (SSSR count). The lowest BCUT2D eigenvalue weighted by Gasteiger charge is -2.31. The molecule has 4 heteroatoms. The second-order valence-electron chi connectivity index (χ2n) is 7.00. The van der Waals surface area contributed by atoms with E-state index in [9.17, 15) is 9.18 Å². The summed E-state index contributed by atoms with van der Waals surface area (Å²) in [4.78, 5) is 12.6. The second kappa shape index (κ2) is 8.70. The Morgan fingerprint density at radius 2 is 1.43 bits per heavy atom. The summed E-state index contributed by atoms with van der Waals surface area (Å²) in [5.41, 5.74) is 1.86. The number of rotatable bonds is 7. The van der Waals surface area contributed by atoms with Crippen molar-refractivity contribution in [3.05, 3.63) is 102 Å². The van der Waals surface area contributed by atoms with Crippen LogP contribution in [0.2, 0.25) is 0 Å². The van der Waals surface area contributed by atoms with E-state index in [0.717, 1.165) is 11.1 Å². The minimum atomic E-state index is -0.693. The fraction of sp³-hybridized carbons (Fsp3) is 0.208. The SMILES string of the molecule is CC(Oc1ccc(F)cc1)C(=O)NCC(C)(c1ccccc1)c1ccccc1. The highest BCUT2D eigenvalue weighted by atomic mass is 19.1. The Hall–Kier alpha value is -3.14. The van der Waals surface area contributed by atoms with Gasteiger partial charge in [0.25, 0.3) is 5.91 Å². The molecule has 0 saturated carbocycles. The van der Waals surface area contributed by atoms with Gasteiger partial charge in [0.1, 0.15) is 11.6 Å². The molecule has 0 aromatic heterocycles. The molecule has 1 amide bonds. The summed E-state index contributed by atoms with van der Waals surface area (Å²) in [6.07, 6.45) is -0.693. The first kappa shape index (κ1) is 19.6. The number of hydrogen-bond acceptors (Lipinski definition) is 2. The largest absolute Gasteiger partial charge is 0.481 e. The summed E-state index contributed by atoms with van der Waals surface area (Å²) in [7, 11) is 0. The van der Waals surface area contributed by atoms with Crippen LogP contribution in [-0.4, -0.2) is 18.6 Å². The number of carbonyl (C=O) groups excluding carboxylic acids is 1. The zero-order chi connectivity index (χ0) is 20.0. The molecule has 0 spiro atoms. The van der Waals surface area contributed by atoms with E-state index in [1.165, 1.54) is 24.3 Å². The van der Waals surface area contributed by atoms with E-state index < -0.39 is 6.10 Å². The third-order valence-electron chi connectivity index (χ3n) is 4.93. The van der Waals surface area contributed by atoms with Gasteiger partial charge in [0, 0.05) is 12.0 Å². The quantitative estimate of drug-likeness (QED) is 0.647. The highest BCUT2D eigenvalue weighted by Gasteiger charge is 2.30. The lowest BCUT2D eigenvalue weighted by Crippen LogP contribution is -2.44. The van der Waals surface area contributed by atoms with Gasteiger partial charge in [-0.2, -0.15) is 0 Å². The number of benzene rings is 3. The van der Waals surface area contributed by atoms with Gasteiger partial charge in [-0.05, 0) is 49.2 Å². The van der Waals surface area contributed by atoms with E-state index in [1.807, 2.05) is 36.4 Å². The van der Waals surface area contributed by atoms with Crippen LogP contribution in [0.15, 0.2) is 84.9 Å². The Morgan fingerprint density at radius 3 is 1.93 bits per heavy atom. The maximum atomic E-state index is 13.0. The van der Waals surface area contributed by atoms with Gasteiger partial charge in [0.05, 0.1) is 0 Å². The van der Waals surface area contributed by atoms with Gasteiger partial charge >= 0.3 is 0 Å². The first-order valence-electron chi connectivity index (χ1n) is 9.30. The molecule has 0 bridgehead atoms. The molecule has 0 aliphatic heterocycles. The van der Waals surface area contributed by atoms with Crippen molar-refractivity contribution in [2.24, 2.45) is 0 Å². The monoisotopic (exact) mass is 377 g/mol. The van der Waals surface area contributed by atoms with Crippen LogP contribution in [0.3, 0.4) is 0 Å². The van der Waals surface area contributed by atoms with Crippen LogP contribution >= 0.6 is 0 Å². The average Bonchev–Trinajstić information content (AvgIpc) is 2.74. The van der Waals surface area contributed by atoms with E-state index in [1.54, 1.807) is 6.92 Å². The van der Waals surface area contributed by atoms with Crippen molar-refractivity contribution >= 4 is 5.91 Å². The smallest absolute Gasteiger partial charge is 0.260 e. The van der Waals surface area contributed by atoms with Crippen molar-refractivity contribution in [1.29, 1.82) is 0 Å². The number of carbonyl (C=O) groups is 1. The topological polar surface area (TPSA) is 38.3 Å². The number of nitrogens with one attached hydrogen (secondary N) is 1. The van der Waals surface area contributed by atoms with Crippen molar-refractivity contribution in [3.63, 3.8) is 0 Å². The third-order valence-corrected chi connectivity index (χ3v) is 4.93. The number of hydrogen-bond donors (Lipinski definition) is 1. The molecule has 0 aliphatic rings. The predicted octanol–water partition coefficient (Wildman–Crippen LogP) is 4.72. The second-order valence-corrected chi connectivity index (χ2v) is 7.00. The van der Waals surface area contributed by atoms with Gasteiger partial charge in [-0.25, -0.2) is 4.39 Å². The van der Waals surface area contributed by atoms with Crippen LogP contribution in [0.5, 0.6) is 5.75 Å². The van der Waals surface area contributed by atoms with Crippen LogP contribution in [0.25, 0.3) is 0 Å². The Morgan fingerprint density at radius 1 is 0.929 bits per heavy atom. The zero-order valence-electron chi connectivity index (χ0n) is 16.1. The maximum Gasteiger partial charge on any atom is 0.260 e. The van der Waals surface area contributed by atoms with E-state index in [2.05, 4.69) is 36.5 Å². The van der Waals surface area contributed by atoms with Crippen molar-refractivity contribution in [2.45, 2.75) is 25.4 Å². The van der Waals surface area contributed by atoms with Crippen molar-refractivity contribution in [2.75, 3.05) is 6.54 Å². The van der Waals surface area contributed by atoms with E-state index in [-0.39, 0.29) is 17.1 Å². The first-order chi connectivity index (χ1) is 13.5. The standard InChI is InChI=1S/C24H24FNO2/c1-18(28-22-15-13-21(25)14-16-22)23(27)26-17-24(2,19-9-5-3-6-10-19)20-11-7-4-8-12-20/h3-16,18H,17H2,1-2H3,(H,26,27). The Kier molecular flexibility index (Phi) is 6.09. The van der Waals surface area contributed by atoms with Gasteiger partial charge in [-0.3, -0.25) is 4.79 Å². The van der Waals surface area contributed by atoms with Gasteiger partial charge in [0.2, 0.25) is 0 Å². The summed E-state index contributed by atoms with van der Waals surface area (Å²) in [6.45, 7) is 4.22. The van der Waals surface area contributed by atoms with Crippen LogP contribution in [0.4, 0.5) is 4.39 Å². The van der Waals surface area contributed by atoms with Gasteiger partial charge in [-0.1, -0.05) is 60.7 Å². The Labute approximate surface area is 165 Å². The molecule has 0 heterocycles. The first-order valence-corrected chi connectivity index (χ1v) is 9.30. The van der Waals surface area contributed by atoms with Crippen LogP contribution < -0.4 is 10.1 Å². The normalized spacial score (nSPS) is 12.2. The molecule has 0 aliphatic carbocycles. The average molecular weight is 377 g/mol. The Balaban J connectivity index is 1.73. The molecule has 144 valence electrons. The fourth-order valence-electron chi connectivity index (χ4n) is 3.16. The summed E-state index contributed by atoms with van der Waals surface area (Å²) in [5.74, 6) is -0.105. The van der Waals surface area contributed by atoms with E-state index >= 15 is 0 Å². The highest BCUT2D eigenvalue weighted by molar-refractivity contribution is 5.80. The van der Waals surface area contributed by atoms with Crippen LogP contribution in [-0.2, 0) is 10.2 Å². The van der Waals surface area contributed by atoms with Gasteiger partial charge in [-0.15, -0.1) is 0 Å². The number of halogens is 1. The summed E-state index contributed by atoms with van der Waals surface area (Å²) in [6, 6.07) is 25.9.